The molecule has 1 fully saturated rings. The molecular formula is C18H28FN3O3. The molecule has 0 saturated carbocycles. The number of rotatable bonds is 8. The van der Waals surface area contributed by atoms with E-state index in [2.05, 4.69) is 5.32 Å². The Morgan fingerprint density at radius 3 is 2.88 bits per heavy atom. The number of benzene rings is 1. The highest BCUT2D eigenvalue weighted by molar-refractivity contribution is 5.86. The first-order valence-electron chi connectivity index (χ1n) is 8.55. The summed E-state index contributed by atoms with van der Waals surface area (Å²) in [5.74, 6) is -0.188. The number of hydrogen-bond donors (Lipinski definition) is 2. The lowest BCUT2D eigenvalue weighted by molar-refractivity contribution is -0.157. The van der Waals surface area contributed by atoms with Gasteiger partial charge in [0, 0.05) is 38.3 Å². The van der Waals surface area contributed by atoms with E-state index in [-0.39, 0.29) is 24.8 Å². The number of amides is 1. The molecule has 25 heavy (non-hydrogen) atoms. The van der Waals surface area contributed by atoms with E-state index in [1.54, 1.807) is 12.1 Å². The lowest BCUT2D eigenvalue weighted by Gasteiger charge is -2.38. The third kappa shape index (κ3) is 5.14. The van der Waals surface area contributed by atoms with Gasteiger partial charge in [0.15, 0.2) is 5.60 Å². The second kappa shape index (κ2) is 8.60. The Bertz CT molecular complexity index is 597. The predicted molar refractivity (Wildman–Crippen MR) is 94.0 cm³/mol. The van der Waals surface area contributed by atoms with Crippen LogP contribution in [0.15, 0.2) is 18.2 Å². The van der Waals surface area contributed by atoms with Crippen LogP contribution in [0.2, 0.25) is 0 Å². The third-order valence-electron chi connectivity index (χ3n) is 4.47. The number of piperidine rings is 1. The van der Waals surface area contributed by atoms with Crippen LogP contribution in [0.4, 0.5) is 4.39 Å². The molecule has 1 aromatic rings. The highest BCUT2D eigenvalue weighted by atomic mass is 19.1. The maximum atomic E-state index is 14.0. The Kier molecular flexibility index (Phi) is 6.75. The molecule has 140 valence electrons. The van der Waals surface area contributed by atoms with Gasteiger partial charge in [0.1, 0.15) is 11.6 Å². The van der Waals surface area contributed by atoms with Gasteiger partial charge in [-0.1, -0.05) is 0 Å². The molecule has 0 spiro atoms. The van der Waals surface area contributed by atoms with Gasteiger partial charge in [-0.15, -0.1) is 0 Å². The van der Waals surface area contributed by atoms with Crippen molar-refractivity contribution in [3.05, 3.63) is 29.6 Å². The quantitative estimate of drug-likeness (QED) is 0.678. The molecule has 1 atom stereocenters. The fourth-order valence-electron chi connectivity index (χ4n) is 2.98. The summed E-state index contributed by atoms with van der Waals surface area (Å²) in [6, 6.07) is 4.46. The van der Waals surface area contributed by atoms with Gasteiger partial charge in [-0.05, 0) is 45.1 Å². The molecular weight excluding hydrogens is 325 g/mol. The van der Waals surface area contributed by atoms with Crippen molar-refractivity contribution in [3.63, 3.8) is 0 Å². The lowest BCUT2D eigenvalue weighted by Crippen LogP contribution is -2.58. The highest BCUT2D eigenvalue weighted by Crippen LogP contribution is 2.25. The van der Waals surface area contributed by atoms with Crippen LogP contribution in [0.25, 0.3) is 0 Å². The van der Waals surface area contributed by atoms with Crippen molar-refractivity contribution in [1.82, 2.24) is 15.1 Å². The Morgan fingerprint density at radius 1 is 1.44 bits per heavy atom. The lowest BCUT2D eigenvalue weighted by atomic mass is 9.91. The Hall–Kier alpha value is -1.70. The largest absolute Gasteiger partial charge is 0.497 e. The number of carbonyl (C=O) groups excluding carboxylic acids is 1. The first-order valence-corrected chi connectivity index (χ1v) is 8.55. The Balaban J connectivity index is 2.01. The number of nitrogens with zero attached hydrogens (tertiary/aromatic N) is 2. The van der Waals surface area contributed by atoms with E-state index < -0.39 is 5.60 Å². The number of ether oxygens (including phenoxy) is 1. The first kappa shape index (κ1) is 19.6. The van der Waals surface area contributed by atoms with Gasteiger partial charge in [0.05, 0.1) is 7.11 Å². The molecule has 0 aliphatic carbocycles. The summed E-state index contributed by atoms with van der Waals surface area (Å²) in [6.45, 7) is 2.35. The number of carbonyl (C=O) groups is 1. The molecule has 1 aliphatic heterocycles. The number of methoxy groups -OCH3 is 1. The van der Waals surface area contributed by atoms with Crippen LogP contribution in [0.5, 0.6) is 5.75 Å². The highest BCUT2D eigenvalue weighted by Gasteiger charge is 2.41. The van der Waals surface area contributed by atoms with Gasteiger partial charge in [-0.25, -0.2) is 4.39 Å². The molecule has 0 aromatic heterocycles. The van der Waals surface area contributed by atoms with E-state index >= 15 is 0 Å². The van der Waals surface area contributed by atoms with Crippen molar-refractivity contribution in [3.8, 4) is 5.75 Å². The van der Waals surface area contributed by atoms with E-state index in [4.69, 9.17) is 4.74 Å². The molecule has 2 N–H and O–H groups in total. The van der Waals surface area contributed by atoms with Crippen LogP contribution in [-0.2, 0) is 11.3 Å². The normalized spacial score (nSPS) is 21.0. The van der Waals surface area contributed by atoms with Crippen molar-refractivity contribution in [2.24, 2.45) is 0 Å². The number of aliphatic hydroxyl groups is 1. The minimum Gasteiger partial charge on any atom is -0.497 e. The zero-order valence-corrected chi connectivity index (χ0v) is 15.2. The molecule has 1 saturated heterocycles. The van der Waals surface area contributed by atoms with Crippen LogP contribution >= 0.6 is 0 Å². The number of hydrogen-bond acceptors (Lipinski definition) is 5. The summed E-state index contributed by atoms with van der Waals surface area (Å²) in [5.41, 5.74) is -1.04. The summed E-state index contributed by atoms with van der Waals surface area (Å²) in [7, 11) is 5.44. The first-order chi connectivity index (χ1) is 11.9. The van der Waals surface area contributed by atoms with E-state index in [9.17, 15) is 14.3 Å². The van der Waals surface area contributed by atoms with Crippen molar-refractivity contribution >= 4 is 5.91 Å². The summed E-state index contributed by atoms with van der Waals surface area (Å²) >= 11 is 0. The maximum Gasteiger partial charge on any atom is 0.256 e. The average Bonchev–Trinajstić information content (AvgIpc) is 2.58. The molecule has 1 heterocycles. The fraction of sp³-hybridized carbons (Fsp3) is 0.611. The molecule has 0 bridgehead atoms. The molecule has 0 unspecified atom stereocenters. The Labute approximate surface area is 148 Å². The van der Waals surface area contributed by atoms with Crippen LogP contribution in [0.3, 0.4) is 0 Å². The van der Waals surface area contributed by atoms with E-state index in [0.29, 0.717) is 37.2 Å². The smallest absolute Gasteiger partial charge is 0.256 e. The summed E-state index contributed by atoms with van der Waals surface area (Å²) in [6.07, 6.45) is 1.10. The standard InChI is InChI=1S/C18H28FN3O3/c1-21(2)10-8-20-13-18(24)7-4-9-22(17(18)23)12-14-11-15(25-3)5-6-16(14)19/h5-6,11,20,24H,4,7-10,12-13H2,1-3H3/t18-/m1/s1. The van der Waals surface area contributed by atoms with Crippen molar-refractivity contribution in [1.29, 1.82) is 0 Å². The minimum absolute atomic E-state index is 0.127. The second-order valence-electron chi connectivity index (χ2n) is 6.80. The SMILES string of the molecule is COc1ccc(F)c(CN2CCC[C@@](O)(CNCCN(C)C)C2=O)c1. The van der Waals surface area contributed by atoms with Crippen LogP contribution in [0, 0.1) is 5.82 Å². The number of likely N-dealkylation sites (N-methyl/N-ethyl adjacent to an activating group) is 1. The predicted octanol–water partition coefficient (Wildman–Crippen LogP) is 0.839. The summed E-state index contributed by atoms with van der Waals surface area (Å²) < 4.78 is 19.1. The van der Waals surface area contributed by atoms with Gasteiger partial charge in [-0.3, -0.25) is 4.79 Å². The summed E-state index contributed by atoms with van der Waals surface area (Å²) in [5, 5.41) is 13.9. The van der Waals surface area contributed by atoms with E-state index in [1.807, 2.05) is 19.0 Å². The molecule has 2 rings (SSSR count). The topological polar surface area (TPSA) is 65.0 Å². The minimum atomic E-state index is -1.43. The molecule has 7 heteroatoms. The van der Waals surface area contributed by atoms with Crippen molar-refractivity contribution in [2.75, 3.05) is 47.4 Å². The zero-order valence-electron chi connectivity index (χ0n) is 15.2. The van der Waals surface area contributed by atoms with Crippen molar-refractivity contribution < 1.29 is 19.0 Å². The number of likely N-dealkylation sites (tertiary alicyclic amines) is 1. The van der Waals surface area contributed by atoms with Gasteiger partial charge < -0.3 is 25.0 Å². The van der Waals surface area contributed by atoms with Crippen LogP contribution in [-0.4, -0.2) is 73.8 Å². The van der Waals surface area contributed by atoms with Gasteiger partial charge in [0.2, 0.25) is 0 Å². The second-order valence-corrected chi connectivity index (χ2v) is 6.80. The number of halogens is 1. The Morgan fingerprint density at radius 2 is 2.20 bits per heavy atom. The molecule has 6 nitrogen and oxygen atoms in total. The maximum absolute atomic E-state index is 14.0. The molecule has 1 amide bonds. The third-order valence-corrected chi connectivity index (χ3v) is 4.47. The fourth-order valence-corrected chi connectivity index (χ4v) is 2.98. The monoisotopic (exact) mass is 353 g/mol. The summed E-state index contributed by atoms with van der Waals surface area (Å²) in [4.78, 5) is 16.3. The van der Waals surface area contributed by atoms with Crippen LogP contribution < -0.4 is 10.1 Å². The zero-order chi connectivity index (χ0) is 18.4. The van der Waals surface area contributed by atoms with Gasteiger partial charge >= 0.3 is 0 Å². The average molecular weight is 353 g/mol. The van der Waals surface area contributed by atoms with Gasteiger partial charge in [0.25, 0.3) is 5.91 Å². The molecule has 1 aliphatic rings. The van der Waals surface area contributed by atoms with E-state index in [0.717, 1.165) is 6.54 Å². The van der Waals surface area contributed by atoms with Gasteiger partial charge in [-0.2, -0.15) is 0 Å². The molecule has 0 radical (unpaired) electrons. The molecule has 1 aromatic carbocycles. The van der Waals surface area contributed by atoms with Crippen molar-refractivity contribution in [2.45, 2.75) is 25.0 Å². The van der Waals surface area contributed by atoms with Crippen LogP contribution in [0.1, 0.15) is 18.4 Å². The van der Waals surface area contributed by atoms with E-state index in [1.165, 1.54) is 18.1 Å². The number of nitrogens with one attached hydrogen (secondary N) is 1.